The fraction of sp³-hybridized carbons (Fsp3) is 0.586. The lowest BCUT2D eigenvalue weighted by molar-refractivity contribution is -0.0784. The molecule has 0 aliphatic carbocycles. The number of rotatable bonds is 5. The van der Waals surface area contributed by atoms with Crippen LogP contribution in [0.2, 0.25) is 0 Å². The summed E-state index contributed by atoms with van der Waals surface area (Å²) in [6.07, 6.45) is 2.52. The van der Waals surface area contributed by atoms with Gasteiger partial charge in [-0.1, -0.05) is 19.1 Å². The number of nitrogens with zero attached hydrogens (tertiary/aromatic N) is 1. The first-order valence-electron chi connectivity index (χ1n) is 13.5. The molecular formula is C29H38BF2NO4. The van der Waals surface area contributed by atoms with Crippen LogP contribution in [-0.4, -0.2) is 55.1 Å². The molecule has 0 saturated carbocycles. The number of hydrogen-bond donors (Lipinski definition) is 0. The van der Waals surface area contributed by atoms with Gasteiger partial charge in [0, 0.05) is 24.7 Å². The largest absolute Gasteiger partial charge is 0.494 e. The van der Waals surface area contributed by atoms with Gasteiger partial charge in [0.1, 0.15) is 23.5 Å². The molecule has 2 aromatic carbocycles. The minimum atomic E-state index is -0.431. The lowest BCUT2D eigenvalue weighted by Gasteiger charge is -2.43. The monoisotopic (exact) mass is 513 g/mol. The molecule has 3 fully saturated rings. The Morgan fingerprint density at radius 1 is 0.946 bits per heavy atom. The van der Waals surface area contributed by atoms with Crippen LogP contribution >= 0.6 is 0 Å². The quantitative estimate of drug-likeness (QED) is 0.510. The molecule has 5 nitrogen and oxygen atoms in total. The van der Waals surface area contributed by atoms with Gasteiger partial charge in [-0.3, -0.25) is 4.90 Å². The molecule has 200 valence electrons. The summed E-state index contributed by atoms with van der Waals surface area (Å²) in [4.78, 5) is 2.45. The second-order valence-electron chi connectivity index (χ2n) is 11.8. The maximum absolute atomic E-state index is 14.3. The van der Waals surface area contributed by atoms with Gasteiger partial charge in [0.25, 0.3) is 0 Å². The van der Waals surface area contributed by atoms with Crippen molar-refractivity contribution in [1.82, 2.24) is 4.90 Å². The summed E-state index contributed by atoms with van der Waals surface area (Å²) in [6, 6.07) is 11.9. The molecule has 0 aromatic heterocycles. The van der Waals surface area contributed by atoms with Crippen molar-refractivity contribution in [3.8, 4) is 5.75 Å². The number of piperidine rings is 1. The third-order valence-electron chi connectivity index (χ3n) is 8.59. The van der Waals surface area contributed by atoms with E-state index in [2.05, 4.69) is 39.5 Å². The lowest BCUT2D eigenvalue weighted by atomic mass is 9.79. The van der Waals surface area contributed by atoms with Crippen LogP contribution < -0.4 is 10.2 Å². The van der Waals surface area contributed by atoms with E-state index in [0.717, 1.165) is 49.6 Å². The van der Waals surface area contributed by atoms with E-state index in [1.54, 1.807) is 0 Å². The third kappa shape index (κ3) is 5.58. The summed E-state index contributed by atoms with van der Waals surface area (Å²) in [7, 11) is -0.376. The number of ether oxygens (including phenoxy) is 2. The molecule has 1 unspecified atom stereocenters. The van der Waals surface area contributed by atoms with E-state index >= 15 is 0 Å². The van der Waals surface area contributed by atoms with Crippen molar-refractivity contribution in [2.45, 2.75) is 83.3 Å². The predicted octanol–water partition coefficient (Wildman–Crippen LogP) is 5.27. The molecule has 37 heavy (non-hydrogen) atoms. The van der Waals surface area contributed by atoms with Gasteiger partial charge in [-0.05, 0) is 88.7 Å². The van der Waals surface area contributed by atoms with Crippen LogP contribution in [0.5, 0.6) is 5.75 Å². The smallest absolute Gasteiger partial charge is 0.490 e. The Morgan fingerprint density at radius 2 is 1.59 bits per heavy atom. The maximum atomic E-state index is 14.3. The number of hydrogen-bond acceptors (Lipinski definition) is 5. The van der Waals surface area contributed by atoms with E-state index in [1.807, 2.05) is 24.3 Å². The van der Waals surface area contributed by atoms with E-state index in [4.69, 9.17) is 18.8 Å². The highest BCUT2D eigenvalue weighted by molar-refractivity contribution is 6.62. The predicted molar refractivity (Wildman–Crippen MR) is 140 cm³/mol. The Labute approximate surface area is 219 Å². The molecule has 0 amide bonds. The van der Waals surface area contributed by atoms with Gasteiger partial charge in [0.05, 0.1) is 23.9 Å². The molecule has 3 saturated heterocycles. The standard InChI is InChI=1S/C29H38BF2NO4/c1-19-16-22(18-34-27(19)25-17-21(31)8-11-26(25)32)33-14-12-24(13-15-33)35-23-9-6-20(7-10-23)30-36-28(2,3)29(4,5)37-30/h6-11,17,19,22,24,27H,12-16,18H2,1-5H3/t19-,22?,27-/m0/s1. The molecule has 3 aliphatic rings. The van der Waals surface area contributed by atoms with Crippen LogP contribution in [0, 0.1) is 17.6 Å². The summed E-state index contributed by atoms with van der Waals surface area (Å²) in [5.41, 5.74) is 0.586. The highest BCUT2D eigenvalue weighted by Gasteiger charge is 2.51. The highest BCUT2D eigenvalue weighted by Crippen LogP contribution is 2.38. The molecule has 0 bridgehead atoms. The minimum absolute atomic E-state index is 0.103. The summed E-state index contributed by atoms with van der Waals surface area (Å²) in [5, 5.41) is 0. The van der Waals surface area contributed by atoms with Crippen molar-refractivity contribution < 1.29 is 27.6 Å². The Hall–Kier alpha value is -2.00. The van der Waals surface area contributed by atoms with Crippen molar-refractivity contribution in [2.75, 3.05) is 19.7 Å². The Kier molecular flexibility index (Phi) is 7.40. The second kappa shape index (κ2) is 10.3. The average Bonchev–Trinajstić information content (AvgIpc) is 3.08. The van der Waals surface area contributed by atoms with E-state index < -0.39 is 17.7 Å². The summed E-state index contributed by atoms with van der Waals surface area (Å²) >= 11 is 0. The molecule has 3 atom stereocenters. The Bertz CT molecular complexity index is 1070. The van der Waals surface area contributed by atoms with Crippen molar-refractivity contribution >= 4 is 12.6 Å². The topological polar surface area (TPSA) is 40.2 Å². The molecule has 0 N–H and O–H groups in total. The molecule has 2 aromatic rings. The SMILES string of the molecule is C[C@H]1CC(N2CCC(Oc3ccc(B4OC(C)(C)C(C)(C)O4)cc3)CC2)CO[C@@H]1c1cc(F)ccc1F. The van der Waals surface area contributed by atoms with Crippen LogP contribution in [-0.2, 0) is 14.0 Å². The number of likely N-dealkylation sites (tertiary alicyclic amines) is 1. The number of benzene rings is 2. The van der Waals surface area contributed by atoms with Crippen molar-refractivity contribution in [3.63, 3.8) is 0 Å². The fourth-order valence-electron chi connectivity index (χ4n) is 5.62. The maximum Gasteiger partial charge on any atom is 0.494 e. The van der Waals surface area contributed by atoms with Gasteiger partial charge in [0.2, 0.25) is 0 Å². The van der Waals surface area contributed by atoms with E-state index in [1.165, 1.54) is 12.1 Å². The summed E-state index contributed by atoms with van der Waals surface area (Å²) in [6.45, 7) is 12.7. The minimum Gasteiger partial charge on any atom is -0.490 e. The first kappa shape index (κ1) is 26.6. The molecule has 3 aliphatic heterocycles. The van der Waals surface area contributed by atoms with Gasteiger partial charge >= 0.3 is 7.12 Å². The van der Waals surface area contributed by atoms with Crippen LogP contribution in [0.25, 0.3) is 0 Å². The van der Waals surface area contributed by atoms with E-state index in [0.29, 0.717) is 12.2 Å². The molecule has 3 heterocycles. The van der Waals surface area contributed by atoms with E-state index in [-0.39, 0.29) is 36.4 Å². The molecule has 8 heteroatoms. The third-order valence-corrected chi connectivity index (χ3v) is 8.59. The normalized spacial score (nSPS) is 28.4. The van der Waals surface area contributed by atoms with Gasteiger partial charge in [-0.2, -0.15) is 0 Å². The zero-order valence-electron chi connectivity index (χ0n) is 22.5. The van der Waals surface area contributed by atoms with Gasteiger partial charge in [-0.25, -0.2) is 8.78 Å². The van der Waals surface area contributed by atoms with Gasteiger partial charge in [-0.15, -0.1) is 0 Å². The van der Waals surface area contributed by atoms with Gasteiger partial charge in [0.15, 0.2) is 0 Å². The zero-order valence-corrected chi connectivity index (χ0v) is 22.5. The molecule has 0 radical (unpaired) electrons. The average molecular weight is 513 g/mol. The molecule has 5 rings (SSSR count). The van der Waals surface area contributed by atoms with Crippen LogP contribution in [0.4, 0.5) is 8.78 Å². The molecular weight excluding hydrogens is 475 g/mol. The van der Waals surface area contributed by atoms with Crippen molar-refractivity contribution in [2.24, 2.45) is 5.92 Å². The lowest BCUT2D eigenvalue weighted by Crippen LogP contribution is -2.49. The van der Waals surface area contributed by atoms with Crippen LogP contribution in [0.15, 0.2) is 42.5 Å². The second-order valence-corrected chi connectivity index (χ2v) is 11.8. The summed E-state index contributed by atoms with van der Waals surface area (Å²) in [5.74, 6) is 0.123. The Balaban J connectivity index is 1.11. The van der Waals surface area contributed by atoms with Crippen LogP contribution in [0.3, 0.4) is 0 Å². The van der Waals surface area contributed by atoms with Crippen molar-refractivity contribution in [1.29, 1.82) is 0 Å². The number of halogens is 2. The summed E-state index contributed by atoms with van der Waals surface area (Å²) < 4.78 is 52.6. The van der Waals surface area contributed by atoms with E-state index in [9.17, 15) is 8.78 Å². The fourth-order valence-corrected chi connectivity index (χ4v) is 5.62. The Morgan fingerprint density at radius 3 is 2.22 bits per heavy atom. The first-order chi connectivity index (χ1) is 17.5. The first-order valence-corrected chi connectivity index (χ1v) is 13.5. The van der Waals surface area contributed by atoms with Crippen LogP contribution in [0.1, 0.15) is 65.5 Å². The zero-order chi connectivity index (χ0) is 26.4. The highest BCUT2D eigenvalue weighted by atomic mass is 19.1. The van der Waals surface area contributed by atoms with Gasteiger partial charge < -0.3 is 18.8 Å². The molecule has 0 spiro atoms. The van der Waals surface area contributed by atoms with Crippen molar-refractivity contribution in [3.05, 3.63) is 59.7 Å².